The molecule has 0 spiro atoms. The summed E-state index contributed by atoms with van der Waals surface area (Å²) >= 11 is 1.39. The fourth-order valence-electron chi connectivity index (χ4n) is 6.79. The molecule has 1 unspecified atom stereocenters. The molecule has 5 N–H and O–H groups in total. The number of methoxy groups -OCH3 is 1. The van der Waals surface area contributed by atoms with E-state index >= 15 is 0 Å². The summed E-state index contributed by atoms with van der Waals surface area (Å²) in [5.41, 5.74) is 5.46. The van der Waals surface area contributed by atoms with Gasteiger partial charge in [-0.3, -0.25) is 4.79 Å². The van der Waals surface area contributed by atoms with Crippen molar-refractivity contribution in [2.45, 2.75) is 62.4 Å². The molecule has 0 aromatic carbocycles. The van der Waals surface area contributed by atoms with Gasteiger partial charge in [0.2, 0.25) is 0 Å². The number of hydrogen-bond donors (Lipinski definition) is 4. The van der Waals surface area contributed by atoms with E-state index < -0.39 is 46.1 Å². The van der Waals surface area contributed by atoms with Crippen LogP contribution in [0.15, 0.2) is 0 Å². The Labute approximate surface area is 164 Å². The predicted molar refractivity (Wildman–Crippen MR) is 99.7 cm³/mol. The van der Waals surface area contributed by atoms with Crippen LogP contribution in [0.3, 0.4) is 0 Å². The first kappa shape index (κ1) is 19.9. The first-order chi connectivity index (χ1) is 12.4. The van der Waals surface area contributed by atoms with E-state index in [4.69, 9.17) is 15.2 Å². The molecule has 7 nitrogen and oxygen atoms in total. The standard InChI is InChI=1S/C19H31NO6S/c1-16(2)5-9-10(6-16)17(3)14-18(12(9)21,8-26-19(14,24)15(17)23)27-7-11(20)13(22)25-4/h9-12,14-15,21,23-24H,5-8,20H2,1-4H3/t9-,10+,11+,12+,14?,15+,17-,18-,19+/m1/s1. The highest BCUT2D eigenvalue weighted by Crippen LogP contribution is 2.76. The molecule has 3 saturated carbocycles. The molecule has 0 radical (unpaired) electrons. The fourth-order valence-corrected chi connectivity index (χ4v) is 8.50. The maximum Gasteiger partial charge on any atom is 0.323 e. The Hall–Kier alpha value is -0.380. The van der Waals surface area contributed by atoms with Gasteiger partial charge in [-0.2, -0.15) is 0 Å². The Morgan fingerprint density at radius 3 is 2.63 bits per heavy atom. The lowest BCUT2D eigenvalue weighted by atomic mass is 9.41. The number of aliphatic hydroxyl groups is 3. The third-order valence-corrected chi connectivity index (χ3v) is 9.51. The van der Waals surface area contributed by atoms with Gasteiger partial charge in [-0.15, -0.1) is 11.8 Å². The van der Waals surface area contributed by atoms with Gasteiger partial charge in [-0.1, -0.05) is 20.8 Å². The Morgan fingerprint density at radius 2 is 2.00 bits per heavy atom. The number of hydrogen-bond acceptors (Lipinski definition) is 8. The average molecular weight is 402 g/mol. The number of carbonyl (C=O) groups excluding carboxylic acids is 1. The molecular weight excluding hydrogens is 370 g/mol. The highest BCUT2D eigenvalue weighted by molar-refractivity contribution is 8.00. The van der Waals surface area contributed by atoms with Gasteiger partial charge in [-0.25, -0.2) is 0 Å². The monoisotopic (exact) mass is 401 g/mol. The van der Waals surface area contributed by atoms with E-state index in [1.807, 2.05) is 6.92 Å². The predicted octanol–water partition coefficient (Wildman–Crippen LogP) is 0.101. The van der Waals surface area contributed by atoms with Crippen LogP contribution in [-0.2, 0) is 14.3 Å². The van der Waals surface area contributed by atoms with Gasteiger partial charge >= 0.3 is 5.97 Å². The molecule has 4 rings (SSSR count). The van der Waals surface area contributed by atoms with Crippen molar-refractivity contribution in [3.63, 3.8) is 0 Å². The Balaban J connectivity index is 1.70. The lowest BCUT2D eigenvalue weighted by Crippen LogP contribution is -2.81. The molecule has 4 aliphatic rings. The van der Waals surface area contributed by atoms with Crippen molar-refractivity contribution in [2.75, 3.05) is 19.5 Å². The average Bonchev–Trinajstić information content (AvgIpc) is 3.11. The summed E-state index contributed by atoms with van der Waals surface area (Å²) in [6.45, 7) is 6.53. The molecule has 154 valence electrons. The summed E-state index contributed by atoms with van der Waals surface area (Å²) in [5.74, 6) is -2.17. The molecule has 8 heteroatoms. The van der Waals surface area contributed by atoms with Crippen LogP contribution in [0.4, 0.5) is 0 Å². The minimum Gasteiger partial charge on any atom is -0.468 e. The molecule has 0 amide bonds. The van der Waals surface area contributed by atoms with Gasteiger partial charge in [0.05, 0.1) is 24.6 Å². The highest BCUT2D eigenvalue weighted by Gasteiger charge is 2.85. The molecular formula is C19H31NO6S. The molecule has 0 aromatic heterocycles. The molecule has 27 heavy (non-hydrogen) atoms. The first-order valence-corrected chi connectivity index (χ1v) is 10.6. The number of ether oxygens (including phenoxy) is 2. The zero-order valence-corrected chi connectivity index (χ0v) is 17.2. The number of fused-ring (bicyclic) bond motifs is 2. The first-order valence-electron chi connectivity index (χ1n) is 9.64. The molecule has 4 fully saturated rings. The number of aliphatic hydroxyl groups excluding tert-OH is 2. The van der Waals surface area contributed by atoms with Crippen LogP contribution < -0.4 is 5.73 Å². The highest BCUT2D eigenvalue weighted by atomic mass is 32.2. The lowest BCUT2D eigenvalue weighted by molar-refractivity contribution is -0.385. The second kappa shape index (κ2) is 5.83. The zero-order chi connectivity index (χ0) is 20.0. The topological polar surface area (TPSA) is 122 Å². The van der Waals surface area contributed by atoms with Crippen LogP contribution in [0.1, 0.15) is 33.6 Å². The van der Waals surface area contributed by atoms with E-state index in [9.17, 15) is 20.1 Å². The lowest BCUT2D eigenvalue weighted by Gasteiger charge is -2.69. The zero-order valence-electron chi connectivity index (χ0n) is 16.3. The molecule has 1 aliphatic heterocycles. The van der Waals surface area contributed by atoms with Gasteiger partial charge in [0.1, 0.15) is 12.1 Å². The van der Waals surface area contributed by atoms with Crippen molar-refractivity contribution in [1.82, 2.24) is 0 Å². The smallest absolute Gasteiger partial charge is 0.323 e. The van der Waals surface area contributed by atoms with Crippen molar-refractivity contribution in [2.24, 2.45) is 34.3 Å². The third-order valence-electron chi connectivity index (χ3n) is 7.85. The SMILES string of the molecule is COC(=O)[C@@H](N)CS[C@@]12CO[C@@]3(O)C1[C@@](C)([C@H]1CC(C)(C)C[C@H]1[C@@H]2O)[C@@H]3O. The van der Waals surface area contributed by atoms with Gasteiger partial charge < -0.3 is 30.5 Å². The van der Waals surface area contributed by atoms with E-state index in [2.05, 4.69) is 13.8 Å². The Bertz CT molecular complexity index is 660. The van der Waals surface area contributed by atoms with Crippen LogP contribution >= 0.6 is 11.8 Å². The van der Waals surface area contributed by atoms with Gasteiger partial charge in [-0.05, 0) is 30.1 Å². The molecule has 3 aliphatic carbocycles. The van der Waals surface area contributed by atoms with E-state index in [-0.39, 0.29) is 29.6 Å². The van der Waals surface area contributed by atoms with Crippen molar-refractivity contribution >= 4 is 17.7 Å². The quantitative estimate of drug-likeness (QED) is 0.489. The number of thioether (sulfide) groups is 1. The largest absolute Gasteiger partial charge is 0.468 e. The van der Waals surface area contributed by atoms with Crippen molar-refractivity contribution in [1.29, 1.82) is 0 Å². The summed E-state index contributed by atoms with van der Waals surface area (Å²) in [6, 6.07) is -0.815. The van der Waals surface area contributed by atoms with Crippen LogP contribution in [0, 0.1) is 28.6 Å². The van der Waals surface area contributed by atoms with Gasteiger partial charge in [0.15, 0.2) is 5.79 Å². The van der Waals surface area contributed by atoms with Crippen LogP contribution in [0.25, 0.3) is 0 Å². The van der Waals surface area contributed by atoms with E-state index in [1.165, 1.54) is 18.9 Å². The number of nitrogens with two attached hydrogens (primary N) is 1. The second-order valence-corrected chi connectivity index (χ2v) is 11.3. The molecule has 1 saturated heterocycles. The van der Waals surface area contributed by atoms with Crippen molar-refractivity contribution in [3.8, 4) is 0 Å². The second-order valence-electron chi connectivity index (χ2n) is 9.93. The molecule has 0 aromatic rings. The van der Waals surface area contributed by atoms with Crippen LogP contribution in [0.5, 0.6) is 0 Å². The van der Waals surface area contributed by atoms with E-state index in [0.717, 1.165) is 12.8 Å². The Kier molecular flexibility index (Phi) is 4.30. The van der Waals surface area contributed by atoms with Crippen LogP contribution in [0.2, 0.25) is 0 Å². The summed E-state index contributed by atoms with van der Waals surface area (Å²) < 4.78 is 9.62. The minimum absolute atomic E-state index is 0.0176. The Morgan fingerprint density at radius 1 is 1.33 bits per heavy atom. The fraction of sp³-hybridized carbons (Fsp3) is 0.947. The summed E-state index contributed by atoms with van der Waals surface area (Å²) in [4.78, 5) is 11.7. The van der Waals surface area contributed by atoms with E-state index in [0.29, 0.717) is 0 Å². The maximum atomic E-state index is 11.7. The van der Waals surface area contributed by atoms with Gasteiger partial charge in [0.25, 0.3) is 0 Å². The van der Waals surface area contributed by atoms with Crippen LogP contribution in [-0.4, -0.2) is 69.5 Å². The number of esters is 1. The molecule has 1 heterocycles. The van der Waals surface area contributed by atoms with Crippen molar-refractivity contribution in [3.05, 3.63) is 0 Å². The van der Waals surface area contributed by atoms with Gasteiger partial charge in [0, 0.05) is 17.1 Å². The minimum atomic E-state index is -1.64. The number of carbonyl (C=O) groups is 1. The molecule has 0 bridgehead atoms. The van der Waals surface area contributed by atoms with Crippen molar-refractivity contribution < 1.29 is 29.6 Å². The summed E-state index contributed by atoms with van der Waals surface area (Å²) in [7, 11) is 1.29. The summed E-state index contributed by atoms with van der Waals surface area (Å²) in [6.07, 6.45) is 0.0777. The number of rotatable bonds is 4. The summed E-state index contributed by atoms with van der Waals surface area (Å²) in [5, 5.41) is 33.4. The van der Waals surface area contributed by atoms with E-state index in [1.54, 1.807) is 0 Å². The third kappa shape index (κ3) is 2.31. The maximum absolute atomic E-state index is 11.7. The normalized spacial score (nSPS) is 53.3. The molecule has 9 atom stereocenters.